The van der Waals surface area contributed by atoms with Crippen LogP contribution in [0.5, 0.6) is 5.75 Å². The van der Waals surface area contributed by atoms with Gasteiger partial charge in [0, 0.05) is 55.5 Å². The van der Waals surface area contributed by atoms with Crippen LogP contribution in [0.4, 0.5) is 0 Å². The van der Waals surface area contributed by atoms with Gasteiger partial charge in [-0.3, -0.25) is 9.59 Å². The summed E-state index contributed by atoms with van der Waals surface area (Å²) in [4.78, 5) is 35.2. The standard InChI is InChI=1S/C30H31N3O4S/c1-36-25-7-6-20(12-24(25)30-14-21-16-32(18-30)17-22(15-30)27(21)34)23-5-3-2-4-19(23)13-26-28(35)31-29(38-26)33-8-10-37-11-9-33/h2-7,12-13,21-22H,8-11,14-18H2,1H3/b26-13+. The van der Waals surface area contributed by atoms with Crippen LogP contribution in [-0.4, -0.2) is 79.7 Å². The predicted molar refractivity (Wildman–Crippen MR) is 148 cm³/mol. The Kier molecular flexibility index (Phi) is 5.94. The van der Waals surface area contributed by atoms with Crippen LogP contribution in [0.2, 0.25) is 0 Å². The number of aliphatic imine (C=N–C) groups is 1. The lowest BCUT2D eigenvalue weighted by Crippen LogP contribution is -2.64. The second-order valence-electron chi connectivity index (χ2n) is 11.1. The smallest absolute Gasteiger partial charge is 0.286 e. The number of methoxy groups -OCH3 is 1. The molecule has 8 rings (SSSR count). The predicted octanol–water partition coefficient (Wildman–Crippen LogP) is 3.83. The van der Waals surface area contributed by atoms with Crippen molar-refractivity contribution in [3.63, 3.8) is 0 Å². The summed E-state index contributed by atoms with van der Waals surface area (Å²) in [5.41, 5.74) is 4.29. The Morgan fingerprint density at radius 3 is 2.61 bits per heavy atom. The van der Waals surface area contributed by atoms with E-state index in [1.807, 2.05) is 18.2 Å². The van der Waals surface area contributed by atoms with Gasteiger partial charge in [-0.15, -0.1) is 0 Å². The zero-order valence-corrected chi connectivity index (χ0v) is 22.3. The number of ketones is 1. The van der Waals surface area contributed by atoms with Crippen LogP contribution >= 0.6 is 11.8 Å². The molecule has 1 aliphatic carbocycles. The highest BCUT2D eigenvalue weighted by Gasteiger charge is 2.55. The van der Waals surface area contributed by atoms with E-state index in [2.05, 4.69) is 45.1 Å². The molecule has 2 unspecified atom stereocenters. The molecule has 2 aromatic carbocycles. The third-order valence-corrected chi connectivity index (χ3v) is 9.83. The Bertz CT molecular complexity index is 1360. The number of benzene rings is 2. The van der Waals surface area contributed by atoms with Gasteiger partial charge in [0.15, 0.2) is 5.17 Å². The van der Waals surface area contributed by atoms with E-state index in [4.69, 9.17) is 9.47 Å². The zero-order chi connectivity index (χ0) is 25.9. The third-order valence-electron chi connectivity index (χ3n) is 8.78. The van der Waals surface area contributed by atoms with Gasteiger partial charge in [-0.2, -0.15) is 4.99 Å². The van der Waals surface area contributed by atoms with Crippen LogP contribution in [0.15, 0.2) is 52.4 Å². The molecule has 5 heterocycles. The second kappa shape index (κ2) is 9.36. The first-order valence-corrected chi connectivity index (χ1v) is 14.2. The van der Waals surface area contributed by atoms with Crippen LogP contribution in [-0.2, 0) is 19.7 Å². The van der Waals surface area contributed by atoms with Gasteiger partial charge in [0.2, 0.25) is 0 Å². The SMILES string of the molecule is COc1ccc(-c2ccccc2/C=C2/SC(N3CCOCC3)=NC2=O)cc1C12CC3CN(CC(C1)C3=O)C2. The van der Waals surface area contributed by atoms with Crippen molar-refractivity contribution >= 4 is 34.7 Å². The lowest BCUT2D eigenvalue weighted by Gasteiger charge is -2.57. The molecule has 7 nitrogen and oxygen atoms in total. The Morgan fingerprint density at radius 2 is 1.84 bits per heavy atom. The van der Waals surface area contributed by atoms with Crippen molar-refractivity contribution in [2.75, 3.05) is 53.0 Å². The first kappa shape index (κ1) is 24.1. The number of nitrogens with zero attached hydrogens (tertiary/aromatic N) is 3. The molecule has 4 saturated heterocycles. The maximum atomic E-state index is 12.8. The Hall–Kier alpha value is -2.94. The fourth-order valence-electron chi connectivity index (χ4n) is 7.16. The number of carbonyl (C=O) groups is 2. The van der Waals surface area contributed by atoms with Gasteiger partial charge in [0.1, 0.15) is 11.5 Å². The van der Waals surface area contributed by atoms with Crippen molar-refractivity contribution in [1.29, 1.82) is 0 Å². The molecule has 0 aromatic heterocycles. The van der Waals surface area contributed by atoms with E-state index in [9.17, 15) is 9.59 Å². The lowest BCUT2D eigenvalue weighted by molar-refractivity contribution is -0.145. The molecular weight excluding hydrogens is 498 g/mol. The minimum absolute atomic E-state index is 0.0628. The maximum Gasteiger partial charge on any atom is 0.286 e. The van der Waals surface area contributed by atoms with Crippen molar-refractivity contribution < 1.29 is 19.1 Å². The number of amides is 1. The van der Waals surface area contributed by atoms with Crippen molar-refractivity contribution in [2.24, 2.45) is 16.8 Å². The van der Waals surface area contributed by atoms with E-state index in [1.54, 1.807) is 7.11 Å². The third kappa shape index (κ3) is 4.01. The summed E-state index contributed by atoms with van der Waals surface area (Å²) in [7, 11) is 1.73. The topological polar surface area (TPSA) is 71.4 Å². The molecule has 196 valence electrons. The molecule has 8 heteroatoms. The largest absolute Gasteiger partial charge is 0.496 e. The highest BCUT2D eigenvalue weighted by molar-refractivity contribution is 8.18. The van der Waals surface area contributed by atoms with Crippen molar-refractivity contribution in [3.05, 3.63) is 58.5 Å². The Balaban J connectivity index is 1.23. The molecule has 2 aromatic rings. The number of piperidine rings is 3. The van der Waals surface area contributed by atoms with Gasteiger partial charge in [-0.1, -0.05) is 30.3 Å². The van der Waals surface area contributed by atoms with Gasteiger partial charge < -0.3 is 19.3 Å². The number of carbonyl (C=O) groups excluding carboxylic acids is 2. The molecule has 5 fully saturated rings. The molecule has 4 bridgehead atoms. The van der Waals surface area contributed by atoms with Gasteiger partial charge in [-0.25, -0.2) is 0 Å². The van der Waals surface area contributed by atoms with Crippen molar-refractivity contribution in [1.82, 2.24) is 9.80 Å². The summed E-state index contributed by atoms with van der Waals surface area (Å²) in [6.07, 6.45) is 3.77. The number of ether oxygens (including phenoxy) is 2. The van der Waals surface area contributed by atoms with Crippen LogP contribution in [0.1, 0.15) is 24.0 Å². The quantitative estimate of drug-likeness (QED) is 0.558. The van der Waals surface area contributed by atoms with E-state index in [1.165, 1.54) is 17.3 Å². The minimum atomic E-state index is -0.186. The van der Waals surface area contributed by atoms with Crippen LogP contribution in [0, 0.1) is 11.8 Å². The summed E-state index contributed by atoms with van der Waals surface area (Å²) in [6, 6.07) is 14.7. The van der Waals surface area contributed by atoms with E-state index in [0.29, 0.717) is 23.9 Å². The summed E-state index contributed by atoms with van der Waals surface area (Å²) in [6.45, 7) is 5.60. The summed E-state index contributed by atoms with van der Waals surface area (Å²) in [5.74, 6) is 1.43. The molecule has 0 N–H and O–H groups in total. The minimum Gasteiger partial charge on any atom is -0.496 e. The highest BCUT2D eigenvalue weighted by atomic mass is 32.2. The van der Waals surface area contributed by atoms with Crippen LogP contribution in [0.3, 0.4) is 0 Å². The molecule has 0 radical (unpaired) electrons. The number of amidine groups is 1. The van der Waals surface area contributed by atoms with Gasteiger partial charge in [0.25, 0.3) is 5.91 Å². The molecular formula is C30H31N3O4S. The van der Waals surface area contributed by atoms with Crippen LogP contribution in [0.25, 0.3) is 17.2 Å². The van der Waals surface area contributed by atoms with E-state index >= 15 is 0 Å². The number of hydrogen-bond acceptors (Lipinski definition) is 7. The first-order valence-electron chi connectivity index (χ1n) is 13.4. The zero-order valence-electron chi connectivity index (χ0n) is 21.5. The number of hydrogen-bond donors (Lipinski definition) is 0. The molecule has 1 saturated carbocycles. The highest BCUT2D eigenvalue weighted by Crippen LogP contribution is 2.53. The molecule has 1 amide bonds. The van der Waals surface area contributed by atoms with Gasteiger partial charge in [0.05, 0.1) is 25.2 Å². The van der Waals surface area contributed by atoms with Gasteiger partial charge >= 0.3 is 0 Å². The molecule has 2 atom stereocenters. The van der Waals surface area contributed by atoms with Crippen LogP contribution < -0.4 is 4.74 Å². The fraction of sp³-hybridized carbons (Fsp3) is 0.433. The average Bonchev–Trinajstić information content (AvgIpc) is 3.31. The Labute approximate surface area is 226 Å². The molecule has 38 heavy (non-hydrogen) atoms. The first-order chi connectivity index (χ1) is 18.5. The average molecular weight is 530 g/mol. The van der Waals surface area contributed by atoms with Crippen molar-refractivity contribution in [3.8, 4) is 16.9 Å². The normalized spacial score (nSPS) is 31.3. The molecule has 0 spiro atoms. The number of morpholine rings is 1. The summed E-state index contributed by atoms with van der Waals surface area (Å²) in [5, 5.41) is 0.764. The summed E-state index contributed by atoms with van der Waals surface area (Å²) >= 11 is 1.45. The number of rotatable bonds is 4. The number of Topliss-reactive ketones (excluding diaryl/α,β-unsaturated/α-hetero) is 1. The molecule has 6 aliphatic rings. The maximum absolute atomic E-state index is 12.8. The van der Waals surface area contributed by atoms with E-state index < -0.39 is 0 Å². The van der Waals surface area contributed by atoms with E-state index in [-0.39, 0.29) is 23.2 Å². The van der Waals surface area contributed by atoms with Gasteiger partial charge in [-0.05, 0) is 59.5 Å². The van der Waals surface area contributed by atoms with E-state index in [0.717, 1.165) is 73.2 Å². The fourth-order valence-corrected chi connectivity index (χ4v) is 8.12. The summed E-state index contributed by atoms with van der Waals surface area (Å²) < 4.78 is 11.3. The Morgan fingerprint density at radius 1 is 1.08 bits per heavy atom. The second-order valence-corrected chi connectivity index (χ2v) is 12.1. The van der Waals surface area contributed by atoms with Crippen molar-refractivity contribution in [2.45, 2.75) is 18.3 Å². The number of thioether (sulfide) groups is 1. The monoisotopic (exact) mass is 529 g/mol. The lowest BCUT2D eigenvalue weighted by atomic mass is 9.56. The molecule has 5 aliphatic heterocycles.